The summed E-state index contributed by atoms with van der Waals surface area (Å²) >= 11 is 0. The van der Waals surface area contributed by atoms with Crippen LogP contribution < -0.4 is 4.90 Å². The van der Waals surface area contributed by atoms with Gasteiger partial charge in [0.2, 0.25) is 5.91 Å². The van der Waals surface area contributed by atoms with E-state index in [0.29, 0.717) is 24.9 Å². The number of aliphatic hydroxyl groups excluding tert-OH is 1. The highest BCUT2D eigenvalue weighted by Crippen LogP contribution is 2.31. The van der Waals surface area contributed by atoms with Crippen LogP contribution in [0.5, 0.6) is 0 Å². The zero-order chi connectivity index (χ0) is 16.4. The predicted octanol–water partition coefficient (Wildman–Crippen LogP) is 3.61. The van der Waals surface area contributed by atoms with Crippen molar-refractivity contribution in [3.63, 3.8) is 0 Å². The Morgan fingerprint density at radius 2 is 1.83 bits per heavy atom. The Labute approximate surface area is 135 Å². The van der Waals surface area contributed by atoms with E-state index in [1.807, 2.05) is 31.2 Å². The molecule has 0 saturated carbocycles. The van der Waals surface area contributed by atoms with Crippen molar-refractivity contribution >= 4 is 11.6 Å². The van der Waals surface area contributed by atoms with E-state index in [1.54, 1.807) is 17.0 Å². The van der Waals surface area contributed by atoms with Crippen molar-refractivity contribution < 1.29 is 14.3 Å². The minimum atomic E-state index is -0.656. The quantitative estimate of drug-likeness (QED) is 0.857. The van der Waals surface area contributed by atoms with E-state index >= 15 is 0 Å². The van der Waals surface area contributed by atoms with E-state index in [0.717, 1.165) is 5.69 Å². The minimum absolute atomic E-state index is 0.0357. The minimum Gasteiger partial charge on any atom is -0.388 e. The zero-order valence-electron chi connectivity index (χ0n) is 13.1. The topological polar surface area (TPSA) is 40.5 Å². The highest BCUT2D eigenvalue weighted by molar-refractivity contribution is 6.01. The van der Waals surface area contributed by atoms with Gasteiger partial charge < -0.3 is 10.0 Å². The van der Waals surface area contributed by atoms with E-state index in [2.05, 4.69) is 0 Å². The molecule has 2 unspecified atom stereocenters. The van der Waals surface area contributed by atoms with Gasteiger partial charge in [-0.2, -0.15) is 0 Å². The number of aliphatic hydroxyl groups is 1. The maximum Gasteiger partial charge on any atom is 0.231 e. The van der Waals surface area contributed by atoms with Crippen LogP contribution in [-0.2, 0) is 4.79 Å². The Balaban J connectivity index is 1.52. The number of halogens is 1. The Morgan fingerprint density at radius 3 is 2.43 bits per heavy atom. The highest BCUT2D eigenvalue weighted by Gasteiger charge is 2.37. The van der Waals surface area contributed by atoms with Gasteiger partial charge in [-0.25, -0.2) is 4.39 Å². The van der Waals surface area contributed by atoms with Crippen molar-refractivity contribution in [2.75, 3.05) is 11.4 Å². The summed E-state index contributed by atoms with van der Waals surface area (Å²) in [7, 11) is 0. The molecule has 3 nitrogen and oxygen atoms in total. The largest absolute Gasteiger partial charge is 0.388 e. The van der Waals surface area contributed by atoms with Crippen molar-refractivity contribution in [2.45, 2.75) is 25.9 Å². The summed E-state index contributed by atoms with van der Waals surface area (Å²) in [4.78, 5) is 14.0. The summed E-state index contributed by atoms with van der Waals surface area (Å²) in [5, 5.41) is 10.1. The molecule has 0 aromatic heterocycles. The van der Waals surface area contributed by atoms with Gasteiger partial charge in [0.05, 0.1) is 12.0 Å². The Kier molecular flexibility index (Phi) is 4.44. The van der Waals surface area contributed by atoms with Crippen LogP contribution >= 0.6 is 0 Å². The Hall–Kier alpha value is -2.20. The van der Waals surface area contributed by atoms with Crippen molar-refractivity contribution in [2.24, 2.45) is 5.92 Å². The Morgan fingerprint density at radius 1 is 1.17 bits per heavy atom. The molecule has 23 heavy (non-hydrogen) atoms. The molecular formula is C19H20FNO2. The number of benzene rings is 2. The number of hydrogen-bond donors (Lipinski definition) is 1. The lowest BCUT2D eigenvalue weighted by molar-refractivity contribution is -0.127. The van der Waals surface area contributed by atoms with Gasteiger partial charge >= 0.3 is 0 Å². The summed E-state index contributed by atoms with van der Waals surface area (Å²) in [6.07, 6.45) is 0.487. The van der Waals surface area contributed by atoms with Gasteiger partial charge in [-0.05, 0) is 49.6 Å². The van der Waals surface area contributed by atoms with Crippen molar-refractivity contribution in [3.8, 4) is 0 Å². The van der Waals surface area contributed by atoms with E-state index in [9.17, 15) is 14.3 Å². The molecule has 2 atom stereocenters. The molecule has 0 radical (unpaired) electrons. The van der Waals surface area contributed by atoms with Gasteiger partial charge in [0.25, 0.3) is 0 Å². The lowest BCUT2D eigenvalue weighted by atomic mass is 9.90. The molecule has 2 aromatic rings. The summed E-state index contributed by atoms with van der Waals surface area (Å²) in [6.45, 7) is 2.71. The summed E-state index contributed by atoms with van der Waals surface area (Å²) in [5.74, 6) is -0.240. The average molecular weight is 313 g/mol. The van der Waals surface area contributed by atoms with Gasteiger partial charge in [-0.1, -0.05) is 29.8 Å². The number of hydrogen-bond acceptors (Lipinski definition) is 2. The van der Waals surface area contributed by atoms with E-state index in [4.69, 9.17) is 0 Å². The molecule has 1 amide bonds. The fourth-order valence-corrected chi connectivity index (χ4v) is 2.88. The molecule has 1 aliphatic heterocycles. The lowest BCUT2D eigenvalue weighted by Gasteiger charge is -2.39. The number of rotatable bonds is 5. The van der Waals surface area contributed by atoms with Crippen LogP contribution in [0.4, 0.5) is 10.1 Å². The summed E-state index contributed by atoms with van der Waals surface area (Å²) < 4.78 is 12.9. The van der Waals surface area contributed by atoms with Gasteiger partial charge in [0.15, 0.2) is 0 Å². The van der Waals surface area contributed by atoms with Crippen LogP contribution in [0.25, 0.3) is 0 Å². The zero-order valence-corrected chi connectivity index (χ0v) is 13.1. The first-order chi connectivity index (χ1) is 11.0. The van der Waals surface area contributed by atoms with Crippen LogP contribution in [-0.4, -0.2) is 17.6 Å². The first-order valence-electron chi connectivity index (χ1n) is 7.86. The predicted molar refractivity (Wildman–Crippen MR) is 87.6 cm³/mol. The number of β-lactam (4-membered cyclic amide) rings is 1. The molecule has 0 bridgehead atoms. The van der Waals surface area contributed by atoms with Crippen molar-refractivity contribution in [1.29, 1.82) is 0 Å². The number of anilines is 1. The van der Waals surface area contributed by atoms with Crippen LogP contribution in [0.1, 0.15) is 30.1 Å². The second-order valence-electron chi connectivity index (χ2n) is 6.13. The fraction of sp³-hybridized carbons (Fsp3) is 0.316. The van der Waals surface area contributed by atoms with Gasteiger partial charge in [0.1, 0.15) is 5.82 Å². The number of amides is 1. The molecule has 1 aliphatic rings. The molecule has 3 rings (SSSR count). The van der Waals surface area contributed by atoms with E-state index in [-0.39, 0.29) is 17.6 Å². The number of nitrogens with zero attached hydrogens (tertiary/aromatic N) is 1. The first-order valence-corrected chi connectivity index (χ1v) is 7.86. The third-order valence-corrected chi connectivity index (χ3v) is 4.41. The van der Waals surface area contributed by atoms with Gasteiger partial charge in [-0.15, -0.1) is 0 Å². The second-order valence-corrected chi connectivity index (χ2v) is 6.13. The summed E-state index contributed by atoms with van der Waals surface area (Å²) in [5.41, 5.74) is 2.78. The third kappa shape index (κ3) is 3.42. The fourth-order valence-electron chi connectivity index (χ4n) is 2.88. The maximum atomic E-state index is 12.9. The van der Waals surface area contributed by atoms with Crippen LogP contribution in [0, 0.1) is 18.7 Å². The third-order valence-electron chi connectivity index (χ3n) is 4.41. The molecular weight excluding hydrogens is 293 g/mol. The molecule has 2 aromatic carbocycles. The molecule has 1 N–H and O–H groups in total. The van der Waals surface area contributed by atoms with Gasteiger partial charge in [-0.3, -0.25) is 4.79 Å². The van der Waals surface area contributed by atoms with Crippen molar-refractivity contribution in [1.82, 2.24) is 0 Å². The summed E-state index contributed by atoms with van der Waals surface area (Å²) in [6, 6.07) is 13.7. The normalized spacial score (nSPS) is 18.7. The Bertz CT molecular complexity index is 682. The molecule has 1 fully saturated rings. The molecule has 1 heterocycles. The van der Waals surface area contributed by atoms with Crippen LogP contribution in [0.15, 0.2) is 48.5 Å². The highest BCUT2D eigenvalue weighted by atomic mass is 19.1. The maximum absolute atomic E-state index is 12.9. The standard InChI is InChI=1S/C19H20FNO2/c1-13-2-9-17(10-3-13)21-12-15(19(21)23)6-11-18(22)14-4-7-16(20)8-5-14/h2-5,7-10,15,18,22H,6,11-12H2,1H3. The van der Waals surface area contributed by atoms with Crippen LogP contribution in [0.2, 0.25) is 0 Å². The monoisotopic (exact) mass is 313 g/mol. The number of aryl methyl sites for hydroxylation is 1. The molecule has 0 aliphatic carbocycles. The van der Waals surface area contributed by atoms with Crippen LogP contribution in [0.3, 0.4) is 0 Å². The second kappa shape index (κ2) is 6.50. The lowest BCUT2D eigenvalue weighted by Crippen LogP contribution is -2.52. The molecule has 4 heteroatoms. The smallest absolute Gasteiger partial charge is 0.231 e. The molecule has 1 saturated heterocycles. The SMILES string of the molecule is Cc1ccc(N2CC(CCC(O)c3ccc(F)cc3)C2=O)cc1. The van der Waals surface area contributed by atoms with E-state index < -0.39 is 6.10 Å². The van der Waals surface area contributed by atoms with E-state index in [1.165, 1.54) is 17.7 Å². The molecule has 120 valence electrons. The molecule has 0 spiro atoms. The number of carbonyl (C=O) groups is 1. The van der Waals surface area contributed by atoms with Crippen molar-refractivity contribution in [3.05, 3.63) is 65.5 Å². The number of carbonyl (C=O) groups excluding carboxylic acids is 1. The average Bonchev–Trinajstić information content (AvgIpc) is 2.55. The first kappa shape index (κ1) is 15.7. The van der Waals surface area contributed by atoms with Gasteiger partial charge in [0, 0.05) is 12.2 Å².